The Hall–Kier alpha value is -1.64. The number of rotatable bonds is 0. The smallest absolute Gasteiger partial charge is 0.252 e. The quantitative estimate of drug-likeness (QED) is 0.717. The highest BCUT2D eigenvalue weighted by molar-refractivity contribution is 6.11. The number of nitrogens with one attached hydrogen (secondary N) is 1. The summed E-state index contributed by atoms with van der Waals surface area (Å²) in [7, 11) is 0. The normalized spacial score (nSPS) is 28.0. The van der Waals surface area contributed by atoms with Gasteiger partial charge in [-0.15, -0.1) is 0 Å². The molecule has 1 heterocycles. The van der Waals surface area contributed by atoms with Crippen LogP contribution < -0.4 is 5.32 Å². The van der Waals surface area contributed by atoms with Crippen molar-refractivity contribution in [2.45, 2.75) is 25.3 Å². The summed E-state index contributed by atoms with van der Waals surface area (Å²) >= 11 is 0. The first-order chi connectivity index (χ1) is 7.77. The summed E-state index contributed by atoms with van der Waals surface area (Å²) in [5, 5.41) is 2.97. The van der Waals surface area contributed by atoms with Gasteiger partial charge in [0, 0.05) is 17.5 Å². The fraction of sp³-hybridized carbons (Fsp3) is 0.385. The summed E-state index contributed by atoms with van der Waals surface area (Å²) in [4.78, 5) is 24.2. The Labute approximate surface area is 93.8 Å². The lowest BCUT2D eigenvalue weighted by Gasteiger charge is -2.15. The van der Waals surface area contributed by atoms with Crippen LogP contribution in [0.1, 0.15) is 40.0 Å². The van der Waals surface area contributed by atoms with Crippen LogP contribution in [-0.4, -0.2) is 17.7 Å². The van der Waals surface area contributed by atoms with E-state index in [0.29, 0.717) is 11.1 Å². The van der Waals surface area contributed by atoms with Crippen LogP contribution in [0, 0.1) is 5.92 Å². The molecule has 1 fully saturated rings. The Morgan fingerprint density at radius 1 is 1.06 bits per heavy atom. The molecule has 1 aliphatic carbocycles. The lowest BCUT2D eigenvalue weighted by atomic mass is 9.93. The van der Waals surface area contributed by atoms with Crippen molar-refractivity contribution in [3.8, 4) is 0 Å². The van der Waals surface area contributed by atoms with E-state index in [2.05, 4.69) is 5.32 Å². The SMILES string of the molecule is O=C1N[C@@H]2CCC[C@H]2C(=O)c2ccccc21. The fourth-order valence-electron chi connectivity index (χ4n) is 2.79. The second-order valence-corrected chi connectivity index (χ2v) is 4.53. The number of benzene rings is 1. The van der Waals surface area contributed by atoms with Gasteiger partial charge in [-0.1, -0.05) is 24.6 Å². The van der Waals surface area contributed by atoms with E-state index in [1.54, 1.807) is 18.2 Å². The van der Waals surface area contributed by atoms with Crippen molar-refractivity contribution >= 4 is 11.7 Å². The fourth-order valence-corrected chi connectivity index (χ4v) is 2.79. The standard InChI is InChI=1S/C13H13NO2/c15-12-8-4-1-2-5-9(8)13(16)14-11-7-3-6-10(11)12/h1-2,4-5,10-11H,3,6-7H2,(H,14,16)/t10-,11-/m1/s1. The topological polar surface area (TPSA) is 46.2 Å². The van der Waals surface area contributed by atoms with Crippen LogP contribution in [0.5, 0.6) is 0 Å². The van der Waals surface area contributed by atoms with E-state index in [1.807, 2.05) is 6.07 Å². The first kappa shape index (κ1) is 9.58. The van der Waals surface area contributed by atoms with Gasteiger partial charge in [-0.05, 0) is 18.9 Å². The highest BCUT2D eigenvalue weighted by atomic mass is 16.2. The van der Waals surface area contributed by atoms with E-state index >= 15 is 0 Å². The molecule has 82 valence electrons. The Bertz CT molecular complexity index is 467. The average Bonchev–Trinajstić information content (AvgIpc) is 2.72. The highest BCUT2D eigenvalue weighted by Gasteiger charge is 2.38. The van der Waals surface area contributed by atoms with Gasteiger partial charge in [0.05, 0.1) is 5.56 Å². The first-order valence-corrected chi connectivity index (χ1v) is 5.71. The van der Waals surface area contributed by atoms with Crippen molar-refractivity contribution in [3.63, 3.8) is 0 Å². The molecule has 0 aromatic heterocycles. The third kappa shape index (κ3) is 1.28. The predicted molar refractivity (Wildman–Crippen MR) is 59.4 cm³/mol. The molecule has 16 heavy (non-hydrogen) atoms. The Kier molecular flexibility index (Phi) is 2.06. The highest BCUT2D eigenvalue weighted by Crippen LogP contribution is 2.32. The molecule has 1 N–H and O–H groups in total. The number of ketones is 1. The molecule has 1 aromatic carbocycles. The molecule has 3 rings (SSSR count). The van der Waals surface area contributed by atoms with Gasteiger partial charge in [0.15, 0.2) is 5.78 Å². The molecule has 2 aliphatic rings. The van der Waals surface area contributed by atoms with E-state index in [-0.39, 0.29) is 23.7 Å². The molecule has 0 saturated heterocycles. The van der Waals surface area contributed by atoms with E-state index in [1.165, 1.54) is 0 Å². The molecule has 0 unspecified atom stereocenters. The molecule has 1 amide bonds. The second-order valence-electron chi connectivity index (χ2n) is 4.53. The van der Waals surface area contributed by atoms with Gasteiger partial charge in [-0.3, -0.25) is 9.59 Å². The van der Waals surface area contributed by atoms with E-state index in [9.17, 15) is 9.59 Å². The summed E-state index contributed by atoms with van der Waals surface area (Å²) in [6.45, 7) is 0. The van der Waals surface area contributed by atoms with Crippen LogP contribution in [0.25, 0.3) is 0 Å². The van der Waals surface area contributed by atoms with Gasteiger partial charge in [0.2, 0.25) is 0 Å². The molecule has 0 radical (unpaired) electrons. The van der Waals surface area contributed by atoms with Gasteiger partial charge in [-0.25, -0.2) is 0 Å². The molecule has 0 spiro atoms. The number of carbonyl (C=O) groups is 2. The van der Waals surface area contributed by atoms with Crippen molar-refractivity contribution < 1.29 is 9.59 Å². The molecule has 0 bridgehead atoms. The van der Waals surface area contributed by atoms with Gasteiger partial charge in [-0.2, -0.15) is 0 Å². The Balaban J connectivity index is 2.13. The molecule has 1 aromatic rings. The summed E-state index contributed by atoms with van der Waals surface area (Å²) in [5.41, 5.74) is 1.12. The third-order valence-electron chi connectivity index (χ3n) is 3.61. The zero-order valence-electron chi connectivity index (χ0n) is 8.90. The molecule has 3 heteroatoms. The summed E-state index contributed by atoms with van der Waals surface area (Å²) in [5.74, 6) is 0.0300. The Morgan fingerprint density at radius 2 is 1.81 bits per heavy atom. The molecule has 3 nitrogen and oxygen atoms in total. The van der Waals surface area contributed by atoms with Crippen molar-refractivity contribution in [2.75, 3.05) is 0 Å². The maximum atomic E-state index is 12.3. The maximum absolute atomic E-state index is 12.3. The van der Waals surface area contributed by atoms with Crippen molar-refractivity contribution in [3.05, 3.63) is 35.4 Å². The predicted octanol–water partition coefficient (Wildman–Crippen LogP) is 1.78. The number of carbonyl (C=O) groups excluding carboxylic acids is 2. The first-order valence-electron chi connectivity index (χ1n) is 5.71. The van der Waals surface area contributed by atoms with Crippen LogP contribution in [0.2, 0.25) is 0 Å². The van der Waals surface area contributed by atoms with Gasteiger partial charge in [0.1, 0.15) is 0 Å². The molecule has 1 saturated carbocycles. The summed E-state index contributed by atoms with van der Waals surface area (Å²) < 4.78 is 0. The second kappa shape index (κ2) is 3.44. The van der Waals surface area contributed by atoms with E-state index < -0.39 is 0 Å². The maximum Gasteiger partial charge on any atom is 0.252 e. The van der Waals surface area contributed by atoms with Crippen molar-refractivity contribution in [1.82, 2.24) is 5.32 Å². The van der Waals surface area contributed by atoms with Crippen LogP contribution >= 0.6 is 0 Å². The summed E-state index contributed by atoms with van der Waals surface area (Å²) in [6.07, 6.45) is 2.86. The Morgan fingerprint density at radius 3 is 2.62 bits per heavy atom. The molecular weight excluding hydrogens is 202 g/mol. The number of Topliss-reactive ketones (excluding diaryl/α,β-unsaturated/α-hetero) is 1. The van der Waals surface area contributed by atoms with E-state index in [4.69, 9.17) is 0 Å². The van der Waals surface area contributed by atoms with Crippen LogP contribution in [0.15, 0.2) is 24.3 Å². The van der Waals surface area contributed by atoms with Crippen LogP contribution in [-0.2, 0) is 0 Å². The van der Waals surface area contributed by atoms with Gasteiger partial charge >= 0.3 is 0 Å². The number of fused-ring (bicyclic) bond motifs is 2. The number of hydrogen-bond donors (Lipinski definition) is 1. The van der Waals surface area contributed by atoms with E-state index in [0.717, 1.165) is 19.3 Å². The minimum absolute atomic E-state index is 0.00685. The third-order valence-corrected chi connectivity index (χ3v) is 3.61. The molecule has 2 atom stereocenters. The van der Waals surface area contributed by atoms with Gasteiger partial charge in [0.25, 0.3) is 5.91 Å². The average molecular weight is 215 g/mol. The molecule has 1 aliphatic heterocycles. The molecular formula is C13H13NO2. The zero-order chi connectivity index (χ0) is 11.1. The zero-order valence-corrected chi connectivity index (χ0v) is 8.90. The number of hydrogen-bond acceptors (Lipinski definition) is 2. The largest absolute Gasteiger partial charge is 0.349 e. The lowest BCUT2D eigenvalue weighted by molar-refractivity contribution is 0.0895. The minimum Gasteiger partial charge on any atom is -0.349 e. The van der Waals surface area contributed by atoms with Crippen LogP contribution in [0.4, 0.5) is 0 Å². The van der Waals surface area contributed by atoms with Crippen LogP contribution in [0.3, 0.4) is 0 Å². The van der Waals surface area contributed by atoms with Gasteiger partial charge < -0.3 is 5.32 Å². The van der Waals surface area contributed by atoms with Crippen molar-refractivity contribution in [2.24, 2.45) is 5.92 Å². The minimum atomic E-state index is -0.0987. The monoisotopic (exact) mass is 215 g/mol. The summed E-state index contributed by atoms with van der Waals surface area (Å²) in [6, 6.07) is 7.15. The number of amides is 1. The lowest BCUT2D eigenvalue weighted by Crippen LogP contribution is -2.36. The van der Waals surface area contributed by atoms with Crippen molar-refractivity contribution in [1.29, 1.82) is 0 Å².